The van der Waals surface area contributed by atoms with Crippen LogP contribution in [0.1, 0.15) is 25.1 Å². The fraction of sp³-hybridized carbons (Fsp3) is 0.500. The van der Waals surface area contributed by atoms with Crippen LogP contribution in [0.5, 0.6) is 0 Å². The maximum Gasteiger partial charge on any atom is 0.326 e. The Morgan fingerprint density at radius 1 is 1.47 bits per heavy atom. The number of carbonyl (C=O) groups is 2. The minimum absolute atomic E-state index is 0.112. The van der Waals surface area contributed by atoms with Crippen molar-refractivity contribution in [3.63, 3.8) is 0 Å². The smallest absolute Gasteiger partial charge is 0.326 e. The van der Waals surface area contributed by atoms with Gasteiger partial charge in [0.2, 0.25) is 0 Å². The summed E-state index contributed by atoms with van der Waals surface area (Å²) in [6, 6.07) is 2.48. The molecule has 19 heavy (non-hydrogen) atoms. The van der Waals surface area contributed by atoms with Crippen molar-refractivity contribution in [1.29, 1.82) is 0 Å². The van der Waals surface area contributed by atoms with Crippen molar-refractivity contribution in [3.8, 4) is 0 Å². The fourth-order valence-corrected chi connectivity index (χ4v) is 2.91. The predicted octanol–water partition coefficient (Wildman–Crippen LogP) is 2.81. The summed E-state index contributed by atoms with van der Waals surface area (Å²) in [4.78, 5) is 23.7. The van der Waals surface area contributed by atoms with Crippen molar-refractivity contribution in [2.45, 2.75) is 32.9 Å². The number of thiophene rings is 1. The quantitative estimate of drug-likeness (QED) is 0.739. The molecule has 0 unspecified atom stereocenters. The van der Waals surface area contributed by atoms with Crippen LogP contribution >= 0.6 is 27.3 Å². The second kappa shape index (κ2) is 7.49. The van der Waals surface area contributed by atoms with Crippen LogP contribution in [0.4, 0.5) is 4.79 Å². The predicted molar refractivity (Wildman–Crippen MR) is 78.3 cm³/mol. The molecule has 1 aromatic heterocycles. The third kappa shape index (κ3) is 5.20. The molecule has 0 bridgehead atoms. The van der Waals surface area contributed by atoms with E-state index in [0.29, 0.717) is 13.0 Å². The molecule has 2 atom stereocenters. The van der Waals surface area contributed by atoms with Gasteiger partial charge in [-0.15, -0.1) is 11.3 Å². The van der Waals surface area contributed by atoms with E-state index in [9.17, 15) is 9.59 Å². The van der Waals surface area contributed by atoms with Crippen molar-refractivity contribution in [3.05, 3.63) is 20.8 Å². The lowest BCUT2D eigenvalue weighted by Gasteiger charge is -2.20. The third-order valence-electron chi connectivity index (χ3n) is 2.82. The molecule has 0 fully saturated rings. The number of carboxylic acid groups (broad SMARTS) is 1. The summed E-state index contributed by atoms with van der Waals surface area (Å²) >= 11 is 4.86. The number of carbonyl (C=O) groups excluding carboxylic acids is 1. The average Bonchev–Trinajstić information content (AvgIpc) is 2.78. The molecule has 2 amide bonds. The normalized spacial score (nSPS) is 13.6. The molecule has 3 N–H and O–H groups in total. The van der Waals surface area contributed by atoms with E-state index >= 15 is 0 Å². The topological polar surface area (TPSA) is 78.4 Å². The number of rotatable bonds is 6. The first-order chi connectivity index (χ1) is 8.93. The zero-order chi connectivity index (χ0) is 14.4. The summed E-state index contributed by atoms with van der Waals surface area (Å²) < 4.78 is 0.993. The summed E-state index contributed by atoms with van der Waals surface area (Å²) in [7, 11) is 0. The Kier molecular flexibility index (Phi) is 6.30. The minimum atomic E-state index is -1.01. The van der Waals surface area contributed by atoms with Gasteiger partial charge in [0.1, 0.15) is 6.04 Å². The van der Waals surface area contributed by atoms with Gasteiger partial charge >= 0.3 is 12.0 Å². The summed E-state index contributed by atoms with van der Waals surface area (Å²) in [6.07, 6.45) is 0.690. The number of aliphatic carboxylic acids is 1. The maximum absolute atomic E-state index is 11.7. The summed E-state index contributed by atoms with van der Waals surface area (Å²) in [6.45, 7) is 4.08. The van der Waals surface area contributed by atoms with Crippen molar-refractivity contribution in [2.75, 3.05) is 0 Å². The first kappa shape index (κ1) is 16.0. The Hall–Kier alpha value is -1.08. The number of hydrogen-bond acceptors (Lipinski definition) is 3. The first-order valence-corrected chi connectivity index (χ1v) is 7.56. The van der Waals surface area contributed by atoms with E-state index in [-0.39, 0.29) is 5.92 Å². The highest BCUT2D eigenvalue weighted by atomic mass is 79.9. The van der Waals surface area contributed by atoms with Gasteiger partial charge in [0.15, 0.2) is 0 Å². The molecule has 0 spiro atoms. The van der Waals surface area contributed by atoms with Crippen LogP contribution in [-0.2, 0) is 11.3 Å². The molecule has 5 nitrogen and oxygen atoms in total. The Balaban J connectivity index is 2.46. The Bertz CT molecular complexity index is 450. The number of carboxylic acids is 1. The van der Waals surface area contributed by atoms with E-state index in [1.807, 2.05) is 19.1 Å². The lowest BCUT2D eigenvalue weighted by molar-refractivity contribution is -0.140. The molecular formula is C12H17BrN2O3S. The van der Waals surface area contributed by atoms with E-state index < -0.39 is 18.0 Å². The molecule has 0 saturated carbocycles. The molecule has 0 aliphatic heterocycles. The van der Waals surface area contributed by atoms with E-state index in [1.54, 1.807) is 6.92 Å². The molecule has 0 aliphatic rings. The van der Waals surface area contributed by atoms with Crippen LogP contribution in [0.2, 0.25) is 0 Å². The van der Waals surface area contributed by atoms with Gasteiger partial charge in [0, 0.05) is 4.88 Å². The number of hydrogen-bond donors (Lipinski definition) is 3. The lowest BCUT2D eigenvalue weighted by Crippen LogP contribution is -2.48. The average molecular weight is 349 g/mol. The van der Waals surface area contributed by atoms with Gasteiger partial charge in [-0.25, -0.2) is 9.59 Å². The van der Waals surface area contributed by atoms with Gasteiger partial charge in [-0.1, -0.05) is 20.3 Å². The van der Waals surface area contributed by atoms with Gasteiger partial charge in [0.05, 0.1) is 10.3 Å². The zero-order valence-corrected chi connectivity index (χ0v) is 13.2. The van der Waals surface area contributed by atoms with E-state index in [2.05, 4.69) is 26.6 Å². The van der Waals surface area contributed by atoms with Crippen molar-refractivity contribution in [1.82, 2.24) is 10.6 Å². The van der Waals surface area contributed by atoms with E-state index in [4.69, 9.17) is 5.11 Å². The molecule has 7 heteroatoms. The standard InChI is InChI=1S/C12H17BrN2O3S/c1-3-7(2)10(11(16)17)15-12(18)14-6-8-4-5-9(13)19-8/h4-5,7,10H,3,6H2,1-2H3,(H,16,17)(H2,14,15,18)/t7-,10-/m0/s1. The van der Waals surface area contributed by atoms with Gasteiger partial charge in [0.25, 0.3) is 0 Å². The highest BCUT2D eigenvalue weighted by Gasteiger charge is 2.25. The molecule has 0 radical (unpaired) electrons. The second-order valence-electron chi connectivity index (χ2n) is 4.23. The lowest BCUT2D eigenvalue weighted by atomic mass is 9.99. The van der Waals surface area contributed by atoms with Crippen LogP contribution in [0.15, 0.2) is 15.9 Å². The maximum atomic E-state index is 11.7. The molecular weight excluding hydrogens is 332 g/mol. The third-order valence-corrected chi connectivity index (χ3v) is 4.44. The van der Waals surface area contributed by atoms with Gasteiger partial charge in [-0.2, -0.15) is 0 Å². The van der Waals surface area contributed by atoms with Crippen LogP contribution in [0, 0.1) is 5.92 Å². The Labute approximate surface area is 124 Å². The SMILES string of the molecule is CC[C@H](C)[C@H](NC(=O)NCc1ccc(Br)s1)C(=O)O. The van der Waals surface area contributed by atoms with Crippen molar-refractivity contribution in [2.24, 2.45) is 5.92 Å². The number of amides is 2. The van der Waals surface area contributed by atoms with Crippen LogP contribution in [0.25, 0.3) is 0 Å². The molecule has 0 aromatic carbocycles. The molecule has 1 aromatic rings. The van der Waals surface area contributed by atoms with Crippen LogP contribution < -0.4 is 10.6 Å². The molecule has 0 saturated heterocycles. The van der Waals surface area contributed by atoms with Gasteiger partial charge in [-0.05, 0) is 34.0 Å². The largest absolute Gasteiger partial charge is 0.480 e. The molecule has 1 rings (SSSR count). The summed E-state index contributed by atoms with van der Waals surface area (Å²) in [5.41, 5.74) is 0. The number of nitrogens with one attached hydrogen (secondary N) is 2. The van der Waals surface area contributed by atoms with Crippen molar-refractivity contribution < 1.29 is 14.7 Å². The van der Waals surface area contributed by atoms with E-state index in [1.165, 1.54) is 11.3 Å². The summed E-state index contributed by atoms with van der Waals surface area (Å²) in [5, 5.41) is 14.2. The van der Waals surface area contributed by atoms with E-state index in [0.717, 1.165) is 8.66 Å². The summed E-state index contributed by atoms with van der Waals surface area (Å²) in [5.74, 6) is -1.12. The highest BCUT2D eigenvalue weighted by Crippen LogP contribution is 2.21. The molecule has 1 heterocycles. The monoisotopic (exact) mass is 348 g/mol. The van der Waals surface area contributed by atoms with Gasteiger partial charge < -0.3 is 15.7 Å². The van der Waals surface area contributed by atoms with Gasteiger partial charge in [-0.3, -0.25) is 0 Å². The van der Waals surface area contributed by atoms with Crippen LogP contribution in [0.3, 0.4) is 0 Å². The molecule has 106 valence electrons. The first-order valence-electron chi connectivity index (χ1n) is 5.95. The molecule has 0 aliphatic carbocycles. The highest BCUT2D eigenvalue weighted by molar-refractivity contribution is 9.11. The zero-order valence-electron chi connectivity index (χ0n) is 10.8. The Morgan fingerprint density at radius 2 is 2.16 bits per heavy atom. The van der Waals surface area contributed by atoms with Crippen molar-refractivity contribution >= 4 is 39.3 Å². The minimum Gasteiger partial charge on any atom is -0.480 e. The number of halogens is 1. The Morgan fingerprint density at radius 3 is 2.63 bits per heavy atom. The number of urea groups is 1. The fourth-order valence-electron chi connectivity index (χ4n) is 1.49. The van der Waals surface area contributed by atoms with Crippen LogP contribution in [-0.4, -0.2) is 23.1 Å². The second-order valence-corrected chi connectivity index (χ2v) is 6.78.